The Morgan fingerprint density at radius 1 is 1.07 bits per heavy atom. The summed E-state index contributed by atoms with van der Waals surface area (Å²) in [6, 6.07) is 14.5. The fourth-order valence-electron chi connectivity index (χ4n) is 3.14. The minimum atomic E-state index is -3.32. The number of fused-ring (bicyclic) bond motifs is 1. The van der Waals surface area contributed by atoms with Gasteiger partial charge in [0.1, 0.15) is 12.1 Å². The summed E-state index contributed by atoms with van der Waals surface area (Å²) in [7, 11) is -3.32. The predicted molar refractivity (Wildman–Crippen MR) is 125 cm³/mol. The molecule has 30 heavy (non-hydrogen) atoms. The Hall–Kier alpha value is -1.93. The van der Waals surface area contributed by atoms with Gasteiger partial charge < -0.3 is 5.32 Å². The van der Waals surface area contributed by atoms with E-state index >= 15 is 0 Å². The highest BCUT2D eigenvalue weighted by molar-refractivity contribution is 7.89. The number of alkyl halides is 1. The molecule has 4 rings (SSSR count). The van der Waals surface area contributed by atoms with Gasteiger partial charge in [0.15, 0.2) is 0 Å². The van der Waals surface area contributed by atoms with Gasteiger partial charge in [-0.15, -0.1) is 24.0 Å². The van der Waals surface area contributed by atoms with Crippen molar-refractivity contribution in [2.45, 2.75) is 31.8 Å². The molecule has 1 saturated carbocycles. The summed E-state index contributed by atoms with van der Waals surface area (Å²) in [5.74, 6) is 1.24. The van der Waals surface area contributed by atoms with Crippen LogP contribution in [-0.4, -0.2) is 36.1 Å². The van der Waals surface area contributed by atoms with Crippen molar-refractivity contribution in [3.8, 4) is 11.1 Å². The minimum Gasteiger partial charge on any atom is -0.367 e. The van der Waals surface area contributed by atoms with Gasteiger partial charge in [0.2, 0.25) is 10.0 Å². The Bertz CT molecular complexity index is 1120. The molecule has 160 valence electrons. The van der Waals surface area contributed by atoms with Crippen molar-refractivity contribution in [2.75, 3.05) is 16.9 Å². The van der Waals surface area contributed by atoms with E-state index in [1.807, 2.05) is 36.4 Å². The molecule has 6 nitrogen and oxygen atoms in total. The van der Waals surface area contributed by atoms with Crippen molar-refractivity contribution in [1.82, 2.24) is 14.7 Å². The van der Waals surface area contributed by atoms with Crippen LogP contribution in [0.5, 0.6) is 0 Å². The second kappa shape index (κ2) is 9.92. The highest BCUT2D eigenvalue weighted by Gasteiger charge is 2.22. The first-order chi connectivity index (χ1) is 14.0. The number of aromatic nitrogens is 2. The summed E-state index contributed by atoms with van der Waals surface area (Å²) in [4.78, 5) is 8.78. The van der Waals surface area contributed by atoms with E-state index in [9.17, 15) is 8.42 Å². The molecule has 3 aromatic rings. The van der Waals surface area contributed by atoms with Crippen LogP contribution in [-0.2, 0) is 16.6 Å². The summed E-state index contributed by atoms with van der Waals surface area (Å²) >= 11 is 5.59. The second-order valence-corrected chi connectivity index (χ2v) is 9.56. The quantitative estimate of drug-likeness (QED) is 0.458. The molecule has 2 N–H and O–H groups in total. The number of benzene rings is 2. The zero-order valence-electron chi connectivity index (χ0n) is 16.3. The molecular weight excluding hydrogens is 443 g/mol. The number of hydrogen-bond acceptors (Lipinski definition) is 5. The van der Waals surface area contributed by atoms with Crippen LogP contribution < -0.4 is 10.0 Å². The highest BCUT2D eigenvalue weighted by atomic mass is 35.5. The number of anilines is 1. The first-order valence-corrected chi connectivity index (χ1v) is 11.9. The van der Waals surface area contributed by atoms with Gasteiger partial charge in [-0.2, -0.15) is 0 Å². The van der Waals surface area contributed by atoms with Crippen LogP contribution in [0, 0.1) is 0 Å². The standard InChI is InChI=1S/C21H23ClN4O2S.ClH/c22-9-2-10-29(27,28)25-13-15-3-1-4-16(11-15)17-5-8-20-19(12-17)21(24-14-23-20)26-18-6-7-18;/h1,3-5,8,11-12,14,18,25H,2,6-7,9-10,13H2,(H,23,24,26);1H. The molecule has 0 spiro atoms. The summed E-state index contributed by atoms with van der Waals surface area (Å²) < 4.78 is 26.6. The third-order valence-corrected chi connectivity index (χ3v) is 6.53. The molecule has 1 fully saturated rings. The molecule has 0 atom stereocenters. The van der Waals surface area contributed by atoms with E-state index in [2.05, 4.69) is 26.1 Å². The van der Waals surface area contributed by atoms with Crippen molar-refractivity contribution in [3.63, 3.8) is 0 Å². The number of sulfonamides is 1. The lowest BCUT2D eigenvalue weighted by Crippen LogP contribution is -2.26. The van der Waals surface area contributed by atoms with Gasteiger partial charge in [0.05, 0.1) is 11.3 Å². The summed E-state index contributed by atoms with van der Waals surface area (Å²) in [6.45, 7) is 0.254. The Kier molecular flexibility index (Phi) is 7.52. The Labute approximate surface area is 187 Å². The average Bonchev–Trinajstić information content (AvgIpc) is 3.55. The van der Waals surface area contributed by atoms with Crippen molar-refractivity contribution in [1.29, 1.82) is 0 Å². The maximum atomic E-state index is 12.0. The maximum absolute atomic E-state index is 12.0. The van der Waals surface area contributed by atoms with Crippen LogP contribution in [0.3, 0.4) is 0 Å². The third kappa shape index (κ3) is 5.82. The fourth-order valence-corrected chi connectivity index (χ4v) is 4.49. The molecule has 0 amide bonds. The van der Waals surface area contributed by atoms with Crippen molar-refractivity contribution in [2.24, 2.45) is 0 Å². The van der Waals surface area contributed by atoms with E-state index in [0.29, 0.717) is 18.3 Å². The summed E-state index contributed by atoms with van der Waals surface area (Å²) in [5.41, 5.74) is 3.86. The van der Waals surface area contributed by atoms with E-state index in [4.69, 9.17) is 11.6 Å². The Morgan fingerprint density at radius 3 is 2.63 bits per heavy atom. The number of halogens is 2. The molecule has 0 unspecified atom stereocenters. The molecule has 0 radical (unpaired) electrons. The first kappa shape index (κ1) is 22.7. The molecule has 1 heterocycles. The van der Waals surface area contributed by atoms with Gasteiger partial charge >= 0.3 is 0 Å². The molecule has 2 aromatic carbocycles. The van der Waals surface area contributed by atoms with Gasteiger partial charge in [0.25, 0.3) is 0 Å². The molecule has 0 bridgehead atoms. The Morgan fingerprint density at radius 2 is 1.87 bits per heavy atom. The van der Waals surface area contributed by atoms with Crippen molar-refractivity contribution >= 4 is 50.8 Å². The topological polar surface area (TPSA) is 84.0 Å². The van der Waals surface area contributed by atoms with Crippen LogP contribution in [0.1, 0.15) is 24.8 Å². The SMILES string of the molecule is Cl.O=S(=O)(CCCCl)NCc1cccc(-c2ccc3ncnc(NC4CC4)c3c2)c1. The molecule has 0 aliphatic heterocycles. The Balaban J connectivity index is 0.00000256. The molecule has 0 saturated heterocycles. The van der Waals surface area contributed by atoms with Gasteiger partial charge in [-0.25, -0.2) is 23.1 Å². The third-order valence-electron chi connectivity index (χ3n) is 4.86. The lowest BCUT2D eigenvalue weighted by molar-refractivity contribution is 0.580. The van der Waals surface area contributed by atoms with Crippen LogP contribution >= 0.6 is 24.0 Å². The van der Waals surface area contributed by atoms with Gasteiger partial charge in [-0.1, -0.05) is 24.3 Å². The predicted octanol–water partition coefficient (Wildman–Crippen LogP) is 4.34. The van der Waals surface area contributed by atoms with E-state index in [1.165, 1.54) is 12.8 Å². The minimum absolute atomic E-state index is 0. The lowest BCUT2D eigenvalue weighted by Gasteiger charge is -2.10. The van der Waals surface area contributed by atoms with Crippen LogP contribution in [0.2, 0.25) is 0 Å². The molecule has 1 aromatic heterocycles. The highest BCUT2D eigenvalue weighted by Crippen LogP contribution is 2.30. The molecule has 1 aliphatic carbocycles. The van der Waals surface area contributed by atoms with Crippen LogP contribution in [0.4, 0.5) is 5.82 Å². The fraction of sp³-hybridized carbons (Fsp3) is 0.333. The van der Waals surface area contributed by atoms with E-state index < -0.39 is 10.0 Å². The zero-order chi connectivity index (χ0) is 20.3. The zero-order valence-corrected chi connectivity index (χ0v) is 18.7. The smallest absolute Gasteiger partial charge is 0.211 e. The summed E-state index contributed by atoms with van der Waals surface area (Å²) in [5, 5.41) is 4.46. The van der Waals surface area contributed by atoms with Gasteiger partial charge in [-0.3, -0.25) is 0 Å². The van der Waals surface area contributed by atoms with E-state index in [0.717, 1.165) is 33.4 Å². The first-order valence-electron chi connectivity index (χ1n) is 9.68. The van der Waals surface area contributed by atoms with E-state index in [-0.39, 0.29) is 24.7 Å². The maximum Gasteiger partial charge on any atom is 0.211 e. The van der Waals surface area contributed by atoms with Crippen LogP contribution in [0.25, 0.3) is 22.0 Å². The van der Waals surface area contributed by atoms with Gasteiger partial charge in [-0.05, 0) is 54.2 Å². The second-order valence-electron chi connectivity index (χ2n) is 7.26. The van der Waals surface area contributed by atoms with Crippen molar-refractivity contribution in [3.05, 3.63) is 54.4 Å². The number of hydrogen-bond donors (Lipinski definition) is 2. The number of rotatable bonds is 9. The molecule has 1 aliphatic rings. The molecular formula is C21H24Cl2N4O2S. The lowest BCUT2D eigenvalue weighted by atomic mass is 10.0. The van der Waals surface area contributed by atoms with Gasteiger partial charge in [0, 0.05) is 23.9 Å². The average molecular weight is 467 g/mol. The number of nitrogens with one attached hydrogen (secondary N) is 2. The normalized spacial score (nSPS) is 13.8. The largest absolute Gasteiger partial charge is 0.367 e. The summed E-state index contributed by atoms with van der Waals surface area (Å²) in [6.07, 6.45) is 4.37. The monoisotopic (exact) mass is 466 g/mol. The number of nitrogens with zero attached hydrogens (tertiary/aromatic N) is 2. The molecule has 9 heteroatoms. The van der Waals surface area contributed by atoms with E-state index in [1.54, 1.807) is 6.33 Å². The van der Waals surface area contributed by atoms with Crippen molar-refractivity contribution < 1.29 is 8.42 Å². The van der Waals surface area contributed by atoms with Crippen LogP contribution in [0.15, 0.2) is 48.8 Å².